The fraction of sp³-hybridized carbons (Fsp3) is 0.348. The molecule has 0 N–H and O–H groups in total. The Hall–Kier alpha value is -2.31. The standard InChI is InChI=1S/C23H24ClN3O2S/c1-15(16-8-10-18(29-2)11-9-16)21-22(28)27(17-6-4-3-5-7-17)23(30-21)26-20-12-13-25-14-19(20)24/h8-14,17H,3-7H2,1-2H3/b21-15-,26-23?. The number of rotatable bonds is 4. The first kappa shape index (κ1) is 20.9. The average Bonchev–Trinajstić information content (AvgIpc) is 3.11. The van der Waals surface area contributed by atoms with E-state index in [0.717, 1.165) is 47.5 Å². The third kappa shape index (κ3) is 4.25. The van der Waals surface area contributed by atoms with Gasteiger partial charge >= 0.3 is 0 Å². The van der Waals surface area contributed by atoms with E-state index in [1.165, 1.54) is 18.2 Å². The maximum atomic E-state index is 13.5. The molecule has 1 aliphatic carbocycles. The van der Waals surface area contributed by atoms with E-state index in [4.69, 9.17) is 21.3 Å². The number of aliphatic imine (C=N–C) groups is 1. The number of halogens is 1. The SMILES string of the molecule is COc1ccc(/C(C)=C2\SC(=Nc3ccncc3Cl)N(C3CCCCC3)C2=O)cc1. The molecule has 0 atom stereocenters. The smallest absolute Gasteiger partial charge is 0.267 e. The van der Waals surface area contributed by atoms with Crippen LogP contribution in [0.2, 0.25) is 5.02 Å². The molecule has 2 heterocycles. The van der Waals surface area contributed by atoms with E-state index in [0.29, 0.717) is 15.9 Å². The lowest BCUT2D eigenvalue weighted by molar-refractivity contribution is -0.124. The van der Waals surface area contributed by atoms with Gasteiger partial charge in [-0.1, -0.05) is 43.0 Å². The van der Waals surface area contributed by atoms with Gasteiger partial charge in [0.2, 0.25) is 0 Å². The number of carbonyl (C=O) groups excluding carboxylic acids is 1. The van der Waals surface area contributed by atoms with Gasteiger partial charge < -0.3 is 4.74 Å². The maximum absolute atomic E-state index is 13.5. The zero-order valence-electron chi connectivity index (χ0n) is 17.1. The molecule has 1 aromatic heterocycles. The van der Waals surface area contributed by atoms with Crippen molar-refractivity contribution in [2.75, 3.05) is 7.11 Å². The predicted octanol–water partition coefficient (Wildman–Crippen LogP) is 6.07. The van der Waals surface area contributed by atoms with Gasteiger partial charge in [0, 0.05) is 18.4 Å². The van der Waals surface area contributed by atoms with Crippen LogP contribution in [0.5, 0.6) is 5.75 Å². The molecule has 1 aliphatic heterocycles. The third-order valence-corrected chi connectivity index (χ3v) is 7.03. The van der Waals surface area contributed by atoms with Crippen LogP contribution in [0.4, 0.5) is 5.69 Å². The van der Waals surface area contributed by atoms with Gasteiger partial charge in [-0.05, 0) is 60.9 Å². The number of benzene rings is 1. The molecule has 0 unspecified atom stereocenters. The van der Waals surface area contributed by atoms with Crippen LogP contribution in [-0.2, 0) is 4.79 Å². The molecule has 0 radical (unpaired) electrons. The second-order valence-electron chi connectivity index (χ2n) is 7.47. The van der Waals surface area contributed by atoms with Crippen LogP contribution in [-0.4, -0.2) is 34.1 Å². The zero-order chi connectivity index (χ0) is 21.1. The summed E-state index contributed by atoms with van der Waals surface area (Å²) in [6, 6.07) is 9.74. The van der Waals surface area contributed by atoms with E-state index in [1.807, 2.05) is 36.1 Å². The molecule has 0 spiro atoms. The van der Waals surface area contributed by atoms with Crippen LogP contribution in [0.15, 0.2) is 52.6 Å². The van der Waals surface area contributed by atoms with Crippen LogP contribution in [0, 0.1) is 0 Å². The van der Waals surface area contributed by atoms with E-state index in [2.05, 4.69) is 4.98 Å². The third-order valence-electron chi connectivity index (χ3n) is 5.58. The number of allylic oxidation sites excluding steroid dienone is 1. The van der Waals surface area contributed by atoms with Crippen LogP contribution >= 0.6 is 23.4 Å². The monoisotopic (exact) mass is 441 g/mol. The van der Waals surface area contributed by atoms with Gasteiger partial charge in [-0.3, -0.25) is 14.7 Å². The number of hydrogen-bond donors (Lipinski definition) is 0. The van der Waals surface area contributed by atoms with Crippen LogP contribution in [0.25, 0.3) is 5.57 Å². The molecule has 2 aliphatic rings. The molecule has 5 nitrogen and oxygen atoms in total. The summed E-state index contributed by atoms with van der Waals surface area (Å²) in [7, 11) is 1.64. The molecule has 1 aromatic carbocycles. The van der Waals surface area contributed by atoms with E-state index >= 15 is 0 Å². The number of ether oxygens (including phenoxy) is 1. The van der Waals surface area contributed by atoms with E-state index in [9.17, 15) is 4.79 Å². The summed E-state index contributed by atoms with van der Waals surface area (Å²) < 4.78 is 5.25. The molecule has 4 rings (SSSR count). The highest BCUT2D eigenvalue weighted by Crippen LogP contribution is 2.41. The molecule has 2 fully saturated rings. The van der Waals surface area contributed by atoms with Gasteiger partial charge in [0.1, 0.15) is 5.75 Å². The van der Waals surface area contributed by atoms with Crippen LogP contribution in [0.3, 0.4) is 0 Å². The quantitative estimate of drug-likeness (QED) is 0.540. The molecule has 0 bridgehead atoms. The van der Waals surface area contributed by atoms with E-state index in [1.54, 1.807) is 25.6 Å². The highest BCUT2D eigenvalue weighted by Gasteiger charge is 2.39. The average molecular weight is 442 g/mol. The fourth-order valence-electron chi connectivity index (χ4n) is 3.89. The summed E-state index contributed by atoms with van der Waals surface area (Å²) in [4.78, 5) is 24.9. The van der Waals surface area contributed by atoms with Crippen molar-refractivity contribution in [3.63, 3.8) is 0 Å². The van der Waals surface area contributed by atoms with Crippen molar-refractivity contribution in [2.45, 2.75) is 45.1 Å². The Labute approximate surface area is 186 Å². The topological polar surface area (TPSA) is 54.8 Å². The summed E-state index contributed by atoms with van der Waals surface area (Å²) in [5.74, 6) is 0.824. The van der Waals surface area contributed by atoms with Gasteiger partial charge in [0.25, 0.3) is 5.91 Å². The summed E-state index contributed by atoms with van der Waals surface area (Å²) in [5.41, 5.74) is 2.57. The number of carbonyl (C=O) groups is 1. The lowest BCUT2D eigenvalue weighted by Gasteiger charge is -2.30. The molecule has 156 valence electrons. The minimum absolute atomic E-state index is 0.0316. The Morgan fingerprint density at radius 2 is 1.93 bits per heavy atom. The number of thioether (sulfide) groups is 1. The van der Waals surface area contributed by atoms with Gasteiger partial charge in [-0.2, -0.15) is 0 Å². The normalized spacial score (nSPS) is 20.7. The van der Waals surface area contributed by atoms with Crippen molar-refractivity contribution >= 4 is 45.7 Å². The second-order valence-corrected chi connectivity index (χ2v) is 8.86. The fourth-order valence-corrected chi connectivity index (χ4v) is 5.16. The minimum Gasteiger partial charge on any atom is -0.497 e. The number of hydrogen-bond acceptors (Lipinski definition) is 5. The van der Waals surface area contributed by atoms with Gasteiger partial charge in [0.15, 0.2) is 5.17 Å². The number of methoxy groups -OCH3 is 1. The summed E-state index contributed by atoms with van der Waals surface area (Å²) in [5, 5.41) is 1.17. The lowest BCUT2D eigenvalue weighted by Crippen LogP contribution is -2.40. The second kappa shape index (κ2) is 9.23. The number of amides is 1. The Kier molecular flexibility index (Phi) is 6.44. The molecule has 1 saturated carbocycles. The first-order valence-corrected chi connectivity index (χ1v) is 11.3. The number of aromatic nitrogens is 1. The van der Waals surface area contributed by atoms with Crippen molar-refractivity contribution in [2.24, 2.45) is 4.99 Å². The highest BCUT2D eigenvalue weighted by molar-refractivity contribution is 8.18. The number of amidine groups is 1. The van der Waals surface area contributed by atoms with Crippen molar-refractivity contribution in [3.05, 3.63) is 58.2 Å². The van der Waals surface area contributed by atoms with Crippen molar-refractivity contribution in [1.29, 1.82) is 0 Å². The summed E-state index contributed by atoms with van der Waals surface area (Å²) in [6.07, 6.45) is 8.75. The Morgan fingerprint density at radius 3 is 2.60 bits per heavy atom. The highest BCUT2D eigenvalue weighted by atomic mass is 35.5. The molecular formula is C23H24ClN3O2S. The van der Waals surface area contributed by atoms with Gasteiger partial charge in [-0.15, -0.1) is 0 Å². The van der Waals surface area contributed by atoms with Crippen LogP contribution in [0.1, 0.15) is 44.6 Å². The molecule has 2 aromatic rings. The molecule has 7 heteroatoms. The summed E-state index contributed by atoms with van der Waals surface area (Å²) in [6.45, 7) is 1.99. The largest absolute Gasteiger partial charge is 0.497 e. The predicted molar refractivity (Wildman–Crippen MR) is 123 cm³/mol. The van der Waals surface area contributed by atoms with E-state index in [-0.39, 0.29) is 11.9 Å². The first-order chi connectivity index (χ1) is 14.6. The maximum Gasteiger partial charge on any atom is 0.267 e. The van der Waals surface area contributed by atoms with Crippen molar-refractivity contribution in [3.8, 4) is 5.75 Å². The summed E-state index contributed by atoms with van der Waals surface area (Å²) >= 11 is 7.72. The Bertz CT molecular complexity index is 998. The van der Waals surface area contributed by atoms with Crippen molar-refractivity contribution in [1.82, 2.24) is 9.88 Å². The Balaban J connectivity index is 1.74. The minimum atomic E-state index is 0.0316. The Morgan fingerprint density at radius 1 is 1.20 bits per heavy atom. The molecular weight excluding hydrogens is 418 g/mol. The molecule has 30 heavy (non-hydrogen) atoms. The van der Waals surface area contributed by atoms with E-state index < -0.39 is 0 Å². The number of nitrogens with zero attached hydrogens (tertiary/aromatic N) is 3. The van der Waals surface area contributed by atoms with Gasteiger partial charge in [0.05, 0.1) is 22.7 Å². The first-order valence-electron chi connectivity index (χ1n) is 10.1. The molecule has 1 saturated heterocycles. The van der Waals surface area contributed by atoms with Crippen LogP contribution < -0.4 is 4.74 Å². The van der Waals surface area contributed by atoms with Gasteiger partial charge in [-0.25, -0.2) is 4.99 Å². The van der Waals surface area contributed by atoms with Crippen molar-refractivity contribution < 1.29 is 9.53 Å². The lowest BCUT2D eigenvalue weighted by atomic mass is 9.94. The molecule has 1 amide bonds. The number of pyridine rings is 1. The zero-order valence-corrected chi connectivity index (χ0v) is 18.7.